The summed E-state index contributed by atoms with van der Waals surface area (Å²) in [5.41, 5.74) is 0.606. The van der Waals surface area contributed by atoms with E-state index >= 15 is 0 Å². The molecule has 1 aliphatic heterocycles. The molecule has 0 N–H and O–H groups in total. The normalized spacial score (nSPS) is 15.7. The van der Waals surface area contributed by atoms with E-state index in [4.69, 9.17) is 9.15 Å². The van der Waals surface area contributed by atoms with E-state index in [9.17, 15) is 4.79 Å². The minimum absolute atomic E-state index is 0.0326. The van der Waals surface area contributed by atoms with Gasteiger partial charge in [-0.15, -0.1) is 0 Å². The highest BCUT2D eigenvalue weighted by Crippen LogP contribution is 2.15. The van der Waals surface area contributed by atoms with E-state index in [0.29, 0.717) is 18.0 Å². The lowest BCUT2D eigenvalue weighted by Gasteiger charge is -2.21. The van der Waals surface area contributed by atoms with Crippen LogP contribution in [0.2, 0.25) is 0 Å². The largest absolute Gasteiger partial charge is 0.481 e. The number of nitrogens with zero attached hydrogens (tertiary/aromatic N) is 3. The average Bonchev–Trinajstić information content (AvgIpc) is 2.97. The third-order valence-electron chi connectivity index (χ3n) is 4.66. The van der Waals surface area contributed by atoms with Crippen molar-refractivity contribution in [1.82, 2.24) is 14.8 Å². The highest BCUT2D eigenvalue weighted by Gasteiger charge is 2.21. The lowest BCUT2D eigenvalue weighted by Crippen LogP contribution is -2.35. The standard InChI is InChI=1S/C20H27N3O3/c1-3-5-17-7-8-18(26-17)15-22-10-4-11-23(13-12-22)20(24)16-6-9-19(25-2)21-14-16/h6-9,14H,3-5,10-13,15H2,1-2H3. The van der Waals surface area contributed by atoms with Gasteiger partial charge < -0.3 is 14.1 Å². The maximum atomic E-state index is 12.7. The van der Waals surface area contributed by atoms with E-state index in [1.807, 2.05) is 4.90 Å². The molecular formula is C20H27N3O3. The quantitative estimate of drug-likeness (QED) is 0.795. The van der Waals surface area contributed by atoms with Crippen molar-refractivity contribution in [3.05, 3.63) is 47.5 Å². The topological polar surface area (TPSA) is 58.8 Å². The summed E-state index contributed by atoms with van der Waals surface area (Å²) in [7, 11) is 1.57. The predicted octanol–water partition coefficient (Wildman–Crippen LogP) is 2.98. The zero-order valence-electron chi connectivity index (χ0n) is 15.6. The first-order chi connectivity index (χ1) is 12.7. The fraction of sp³-hybridized carbons (Fsp3) is 0.500. The van der Waals surface area contributed by atoms with Crippen LogP contribution in [0, 0.1) is 0 Å². The van der Waals surface area contributed by atoms with E-state index in [1.165, 1.54) is 0 Å². The first-order valence-electron chi connectivity index (χ1n) is 9.29. The van der Waals surface area contributed by atoms with Crippen molar-refractivity contribution in [2.75, 3.05) is 33.3 Å². The molecule has 140 valence electrons. The molecule has 0 saturated carbocycles. The maximum Gasteiger partial charge on any atom is 0.255 e. The van der Waals surface area contributed by atoms with Crippen LogP contribution in [0.25, 0.3) is 0 Å². The molecule has 1 aliphatic rings. The van der Waals surface area contributed by atoms with Crippen molar-refractivity contribution in [2.45, 2.75) is 32.7 Å². The number of ether oxygens (including phenoxy) is 1. The van der Waals surface area contributed by atoms with Gasteiger partial charge in [-0.25, -0.2) is 4.98 Å². The third-order valence-corrected chi connectivity index (χ3v) is 4.66. The molecule has 1 saturated heterocycles. The van der Waals surface area contributed by atoms with Gasteiger partial charge in [0.1, 0.15) is 11.5 Å². The molecule has 0 bridgehead atoms. The predicted molar refractivity (Wildman–Crippen MR) is 99.3 cm³/mol. The van der Waals surface area contributed by atoms with Crippen LogP contribution in [0.1, 0.15) is 41.6 Å². The smallest absolute Gasteiger partial charge is 0.255 e. The van der Waals surface area contributed by atoms with Gasteiger partial charge in [0.25, 0.3) is 5.91 Å². The first-order valence-corrected chi connectivity index (χ1v) is 9.29. The Hall–Kier alpha value is -2.34. The Bertz CT molecular complexity index is 711. The van der Waals surface area contributed by atoms with Crippen LogP contribution in [-0.2, 0) is 13.0 Å². The number of rotatable bonds is 6. The van der Waals surface area contributed by atoms with Gasteiger partial charge in [-0.3, -0.25) is 9.69 Å². The van der Waals surface area contributed by atoms with Gasteiger partial charge in [0.15, 0.2) is 0 Å². The Morgan fingerprint density at radius 1 is 1.15 bits per heavy atom. The molecule has 0 unspecified atom stereocenters. The summed E-state index contributed by atoms with van der Waals surface area (Å²) in [6.45, 7) is 6.25. The van der Waals surface area contributed by atoms with Crippen molar-refractivity contribution in [1.29, 1.82) is 0 Å². The Kier molecular flexibility index (Phi) is 6.28. The summed E-state index contributed by atoms with van der Waals surface area (Å²) in [5, 5.41) is 0. The molecule has 0 radical (unpaired) electrons. The first kappa shape index (κ1) is 18.5. The summed E-state index contributed by atoms with van der Waals surface area (Å²) in [6, 6.07) is 7.64. The number of hydrogen-bond acceptors (Lipinski definition) is 5. The Balaban J connectivity index is 1.55. The van der Waals surface area contributed by atoms with E-state index in [1.54, 1.807) is 25.4 Å². The zero-order valence-corrected chi connectivity index (χ0v) is 15.6. The second kappa shape index (κ2) is 8.85. The van der Waals surface area contributed by atoms with Crippen LogP contribution in [0.3, 0.4) is 0 Å². The number of methoxy groups -OCH3 is 1. The van der Waals surface area contributed by atoms with Crippen molar-refractivity contribution in [2.24, 2.45) is 0 Å². The van der Waals surface area contributed by atoms with Crippen LogP contribution < -0.4 is 4.74 Å². The van der Waals surface area contributed by atoms with Crippen LogP contribution in [0.4, 0.5) is 0 Å². The van der Waals surface area contributed by atoms with Crippen LogP contribution in [0.5, 0.6) is 5.88 Å². The molecule has 2 aromatic heterocycles. The lowest BCUT2D eigenvalue weighted by molar-refractivity contribution is 0.0760. The van der Waals surface area contributed by atoms with Gasteiger partial charge in [-0.2, -0.15) is 0 Å². The van der Waals surface area contributed by atoms with E-state index in [-0.39, 0.29) is 5.91 Å². The second-order valence-corrected chi connectivity index (χ2v) is 6.63. The number of carbonyl (C=O) groups is 1. The molecule has 0 aromatic carbocycles. The van der Waals surface area contributed by atoms with Gasteiger partial charge in [-0.1, -0.05) is 6.92 Å². The van der Waals surface area contributed by atoms with Gasteiger partial charge in [0, 0.05) is 44.9 Å². The van der Waals surface area contributed by atoms with Gasteiger partial charge in [0.05, 0.1) is 19.2 Å². The van der Waals surface area contributed by atoms with Crippen molar-refractivity contribution < 1.29 is 13.9 Å². The van der Waals surface area contributed by atoms with Gasteiger partial charge in [-0.05, 0) is 31.0 Å². The molecule has 0 aliphatic carbocycles. The van der Waals surface area contributed by atoms with E-state index in [2.05, 4.69) is 28.9 Å². The molecule has 0 atom stereocenters. The van der Waals surface area contributed by atoms with E-state index in [0.717, 1.165) is 57.0 Å². The molecule has 3 heterocycles. The SMILES string of the molecule is CCCc1ccc(CN2CCCN(C(=O)c3ccc(OC)nc3)CC2)o1. The van der Waals surface area contributed by atoms with Crippen LogP contribution in [0.15, 0.2) is 34.9 Å². The summed E-state index contributed by atoms with van der Waals surface area (Å²) in [4.78, 5) is 21.1. The Morgan fingerprint density at radius 2 is 2.00 bits per heavy atom. The van der Waals surface area contributed by atoms with Crippen LogP contribution >= 0.6 is 0 Å². The molecule has 26 heavy (non-hydrogen) atoms. The molecular weight excluding hydrogens is 330 g/mol. The molecule has 6 heteroatoms. The summed E-state index contributed by atoms with van der Waals surface area (Å²) in [5.74, 6) is 2.61. The van der Waals surface area contributed by atoms with Crippen molar-refractivity contribution in [3.8, 4) is 5.88 Å². The lowest BCUT2D eigenvalue weighted by atomic mass is 10.2. The highest BCUT2D eigenvalue weighted by molar-refractivity contribution is 5.94. The molecule has 6 nitrogen and oxygen atoms in total. The highest BCUT2D eigenvalue weighted by atomic mass is 16.5. The molecule has 3 rings (SSSR count). The molecule has 1 fully saturated rings. The minimum atomic E-state index is 0.0326. The zero-order chi connectivity index (χ0) is 18.4. The fourth-order valence-corrected chi connectivity index (χ4v) is 3.25. The number of aromatic nitrogens is 1. The number of pyridine rings is 1. The van der Waals surface area contributed by atoms with Crippen LogP contribution in [-0.4, -0.2) is 54.0 Å². The molecule has 2 aromatic rings. The number of carbonyl (C=O) groups excluding carboxylic acids is 1. The minimum Gasteiger partial charge on any atom is -0.481 e. The summed E-state index contributed by atoms with van der Waals surface area (Å²) < 4.78 is 10.9. The fourth-order valence-electron chi connectivity index (χ4n) is 3.25. The number of hydrogen-bond donors (Lipinski definition) is 0. The molecule has 1 amide bonds. The summed E-state index contributed by atoms with van der Waals surface area (Å²) in [6.07, 6.45) is 4.62. The van der Waals surface area contributed by atoms with Gasteiger partial charge >= 0.3 is 0 Å². The third kappa shape index (κ3) is 4.64. The summed E-state index contributed by atoms with van der Waals surface area (Å²) >= 11 is 0. The number of aryl methyl sites for hydroxylation is 1. The molecule has 0 spiro atoms. The monoisotopic (exact) mass is 357 g/mol. The van der Waals surface area contributed by atoms with Crippen molar-refractivity contribution >= 4 is 5.91 Å². The maximum absolute atomic E-state index is 12.7. The number of furan rings is 1. The Labute approximate surface area is 154 Å². The van der Waals surface area contributed by atoms with Crippen molar-refractivity contribution in [3.63, 3.8) is 0 Å². The second-order valence-electron chi connectivity index (χ2n) is 6.63. The average molecular weight is 357 g/mol. The Morgan fingerprint density at radius 3 is 2.73 bits per heavy atom. The van der Waals surface area contributed by atoms with Gasteiger partial charge in [0.2, 0.25) is 5.88 Å². The van der Waals surface area contributed by atoms with E-state index < -0.39 is 0 Å². The number of amides is 1.